The number of likely N-dealkylation sites (tertiary alicyclic amines) is 1. The molecule has 2 aliphatic rings. The molecule has 1 saturated heterocycles. The van der Waals surface area contributed by atoms with E-state index < -0.39 is 0 Å². The number of ether oxygens (including phenoxy) is 1. The fourth-order valence-corrected chi connectivity index (χ4v) is 5.31. The number of rotatable bonds is 5. The third-order valence-corrected chi connectivity index (χ3v) is 6.47. The van der Waals surface area contributed by atoms with Gasteiger partial charge in [0.2, 0.25) is 0 Å². The van der Waals surface area contributed by atoms with Crippen molar-refractivity contribution in [3.63, 3.8) is 0 Å². The highest BCUT2D eigenvalue weighted by molar-refractivity contribution is 5.34. The lowest BCUT2D eigenvalue weighted by atomic mass is 9.62. The second-order valence-corrected chi connectivity index (χ2v) is 7.87. The summed E-state index contributed by atoms with van der Waals surface area (Å²) < 4.78 is 6.26. The average Bonchev–Trinajstić information content (AvgIpc) is 2.66. The third-order valence-electron chi connectivity index (χ3n) is 6.47. The molecule has 2 fully saturated rings. The van der Waals surface area contributed by atoms with Gasteiger partial charge in [0.1, 0.15) is 11.4 Å². The van der Waals surface area contributed by atoms with Crippen LogP contribution in [-0.4, -0.2) is 36.8 Å². The first kappa shape index (κ1) is 17.6. The monoisotopic (exact) mass is 351 g/mol. The molecule has 3 nitrogen and oxygen atoms in total. The van der Waals surface area contributed by atoms with Crippen molar-refractivity contribution < 1.29 is 9.84 Å². The molecule has 0 aromatic heterocycles. The number of piperidine rings is 1. The van der Waals surface area contributed by atoms with Gasteiger partial charge < -0.3 is 14.7 Å². The Labute approximate surface area is 156 Å². The minimum Gasteiger partial charge on any atom is -0.508 e. The molecular weight excluding hydrogens is 322 g/mol. The van der Waals surface area contributed by atoms with Gasteiger partial charge in [0.05, 0.1) is 0 Å². The van der Waals surface area contributed by atoms with E-state index in [4.69, 9.17) is 4.74 Å². The van der Waals surface area contributed by atoms with Crippen molar-refractivity contribution in [1.82, 2.24) is 4.90 Å². The van der Waals surface area contributed by atoms with E-state index in [2.05, 4.69) is 41.3 Å². The standard InChI is InChI=1S/C23H29NO2/c1-26-23(19-9-6-12-22(25)15-19)20-10-5-11-21(23)17-24(16-20)14-13-18-7-3-2-4-8-18/h2-4,6-9,12,15,20-21,25H,5,10-11,13-14,16-17H2,1H3/t20-,21-/m0/s1. The van der Waals surface area contributed by atoms with Gasteiger partial charge in [-0.25, -0.2) is 0 Å². The summed E-state index contributed by atoms with van der Waals surface area (Å²) in [6.45, 7) is 3.26. The molecule has 2 aromatic rings. The van der Waals surface area contributed by atoms with Gasteiger partial charge in [-0.2, -0.15) is 0 Å². The number of phenolic OH excluding ortho intramolecular Hbond substituents is 1. The summed E-state index contributed by atoms with van der Waals surface area (Å²) in [6.07, 6.45) is 4.78. The van der Waals surface area contributed by atoms with Gasteiger partial charge >= 0.3 is 0 Å². The zero-order chi connectivity index (χ0) is 18.0. The molecule has 1 N–H and O–H groups in total. The molecular formula is C23H29NO2. The minimum atomic E-state index is -0.250. The van der Waals surface area contributed by atoms with E-state index >= 15 is 0 Å². The van der Waals surface area contributed by atoms with E-state index in [0.717, 1.165) is 31.6 Å². The highest BCUT2D eigenvalue weighted by Gasteiger charge is 2.53. The van der Waals surface area contributed by atoms with E-state index in [1.54, 1.807) is 6.07 Å². The van der Waals surface area contributed by atoms with Crippen molar-refractivity contribution in [3.05, 3.63) is 65.7 Å². The number of benzene rings is 2. The maximum absolute atomic E-state index is 10.0. The van der Waals surface area contributed by atoms with Gasteiger partial charge in [-0.1, -0.05) is 48.9 Å². The predicted molar refractivity (Wildman–Crippen MR) is 104 cm³/mol. The molecule has 138 valence electrons. The zero-order valence-electron chi connectivity index (χ0n) is 15.6. The first-order valence-corrected chi connectivity index (χ1v) is 9.83. The Kier molecular flexibility index (Phi) is 5.01. The van der Waals surface area contributed by atoms with Gasteiger partial charge in [0.25, 0.3) is 0 Å². The fourth-order valence-electron chi connectivity index (χ4n) is 5.31. The first-order chi connectivity index (χ1) is 12.7. The number of hydrogen-bond donors (Lipinski definition) is 1. The van der Waals surface area contributed by atoms with Gasteiger partial charge in [0, 0.05) is 38.6 Å². The molecule has 4 rings (SSSR count). The summed E-state index contributed by atoms with van der Waals surface area (Å²) >= 11 is 0. The SMILES string of the molecule is COC1(c2cccc(O)c2)[C@H]2CCC[C@H]1CN(CCc1ccccc1)C2. The van der Waals surface area contributed by atoms with Gasteiger partial charge in [0.15, 0.2) is 0 Å². The van der Waals surface area contributed by atoms with E-state index in [9.17, 15) is 5.11 Å². The fraction of sp³-hybridized carbons (Fsp3) is 0.478. The first-order valence-electron chi connectivity index (χ1n) is 9.83. The largest absolute Gasteiger partial charge is 0.508 e. The lowest BCUT2D eigenvalue weighted by molar-refractivity contribution is -0.168. The number of hydrogen-bond acceptors (Lipinski definition) is 3. The third kappa shape index (κ3) is 3.15. The summed E-state index contributed by atoms with van der Waals surface area (Å²) in [5, 5.41) is 10.0. The predicted octanol–water partition coefficient (Wildman–Crippen LogP) is 4.21. The average molecular weight is 351 g/mol. The van der Waals surface area contributed by atoms with Crippen molar-refractivity contribution in [2.45, 2.75) is 31.3 Å². The molecule has 26 heavy (non-hydrogen) atoms. The van der Waals surface area contributed by atoms with Crippen molar-refractivity contribution in [2.75, 3.05) is 26.7 Å². The number of methoxy groups -OCH3 is 1. The summed E-state index contributed by atoms with van der Waals surface area (Å²) in [4.78, 5) is 2.63. The van der Waals surface area contributed by atoms with Crippen LogP contribution in [0, 0.1) is 11.8 Å². The maximum Gasteiger partial charge on any atom is 0.115 e. The van der Waals surface area contributed by atoms with Gasteiger partial charge in [-0.15, -0.1) is 0 Å². The van der Waals surface area contributed by atoms with E-state index in [0.29, 0.717) is 17.6 Å². The van der Waals surface area contributed by atoms with Crippen LogP contribution in [-0.2, 0) is 16.8 Å². The normalized spacial score (nSPS) is 28.8. The summed E-state index contributed by atoms with van der Waals surface area (Å²) in [6, 6.07) is 18.5. The smallest absolute Gasteiger partial charge is 0.115 e. The minimum absolute atomic E-state index is 0.250. The van der Waals surface area contributed by atoms with Crippen LogP contribution in [0.2, 0.25) is 0 Å². The molecule has 1 heterocycles. The van der Waals surface area contributed by atoms with E-state index in [-0.39, 0.29) is 5.60 Å². The molecule has 2 aromatic carbocycles. The van der Waals surface area contributed by atoms with Crippen molar-refractivity contribution in [3.8, 4) is 5.75 Å². The Morgan fingerprint density at radius 1 is 1.04 bits per heavy atom. The van der Waals surface area contributed by atoms with Crippen LogP contribution in [0.1, 0.15) is 30.4 Å². The molecule has 2 bridgehead atoms. The summed E-state index contributed by atoms with van der Waals surface area (Å²) in [5.74, 6) is 1.30. The van der Waals surface area contributed by atoms with Crippen LogP contribution in [0.25, 0.3) is 0 Å². The maximum atomic E-state index is 10.0. The molecule has 0 radical (unpaired) electrons. The van der Waals surface area contributed by atoms with Crippen LogP contribution in [0.4, 0.5) is 0 Å². The number of aromatic hydroxyl groups is 1. The van der Waals surface area contributed by atoms with Crippen LogP contribution in [0.3, 0.4) is 0 Å². The molecule has 1 saturated carbocycles. The highest BCUT2D eigenvalue weighted by atomic mass is 16.5. The zero-order valence-corrected chi connectivity index (χ0v) is 15.6. The molecule has 0 unspecified atom stereocenters. The van der Waals surface area contributed by atoms with Crippen LogP contribution in [0.5, 0.6) is 5.75 Å². The number of fused-ring (bicyclic) bond motifs is 2. The molecule has 1 aliphatic heterocycles. The lowest BCUT2D eigenvalue weighted by Gasteiger charge is -2.55. The van der Waals surface area contributed by atoms with E-state index in [1.165, 1.54) is 24.8 Å². The highest BCUT2D eigenvalue weighted by Crippen LogP contribution is 2.51. The molecule has 2 atom stereocenters. The quantitative estimate of drug-likeness (QED) is 0.876. The molecule has 0 amide bonds. The number of phenols is 1. The van der Waals surface area contributed by atoms with Crippen molar-refractivity contribution >= 4 is 0 Å². The number of nitrogens with zero attached hydrogens (tertiary/aromatic N) is 1. The Morgan fingerprint density at radius 3 is 2.42 bits per heavy atom. The molecule has 0 spiro atoms. The van der Waals surface area contributed by atoms with Gasteiger partial charge in [-0.05, 0) is 42.5 Å². The summed E-state index contributed by atoms with van der Waals surface area (Å²) in [7, 11) is 1.86. The lowest BCUT2D eigenvalue weighted by Crippen LogP contribution is -2.59. The van der Waals surface area contributed by atoms with Crippen LogP contribution < -0.4 is 0 Å². The van der Waals surface area contributed by atoms with Crippen LogP contribution >= 0.6 is 0 Å². The Bertz CT molecular complexity index is 716. The van der Waals surface area contributed by atoms with E-state index in [1.807, 2.05) is 19.2 Å². The van der Waals surface area contributed by atoms with Crippen molar-refractivity contribution in [2.24, 2.45) is 11.8 Å². The Balaban J connectivity index is 1.54. The second kappa shape index (κ2) is 7.42. The Hall–Kier alpha value is -1.84. The van der Waals surface area contributed by atoms with Crippen molar-refractivity contribution in [1.29, 1.82) is 0 Å². The molecule has 1 aliphatic carbocycles. The molecule has 3 heteroatoms. The van der Waals surface area contributed by atoms with Gasteiger partial charge in [-0.3, -0.25) is 0 Å². The summed E-state index contributed by atoms with van der Waals surface area (Å²) in [5.41, 5.74) is 2.31. The Morgan fingerprint density at radius 2 is 1.77 bits per heavy atom. The topological polar surface area (TPSA) is 32.7 Å². The van der Waals surface area contributed by atoms with Crippen LogP contribution in [0.15, 0.2) is 54.6 Å². The second-order valence-electron chi connectivity index (χ2n) is 7.87.